The first kappa shape index (κ1) is 20.2. The fourth-order valence-corrected chi connectivity index (χ4v) is 5.81. The summed E-state index contributed by atoms with van der Waals surface area (Å²) in [4.78, 5) is 12.3. The van der Waals surface area contributed by atoms with Gasteiger partial charge in [-0.15, -0.1) is 0 Å². The third-order valence-corrected chi connectivity index (χ3v) is 8.17. The van der Waals surface area contributed by atoms with Crippen LogP contribution in [0.1, 0.15) is 25.7 Å². The molecule has 2 aromatic heterocycles. The van der Waals surface area contributed by atoms with Crippen LogP contribution in [0.25, 0.3) is 22.2 Å². The van der Waals surface area contributed by atoms with Crippen molar-refractivity contribution in [1.29, 1.82) is 0 Å². The molecule has 0 spiro atoms. The molecular weight excluding hydrogens is 424 g/mol. The highest BCUT2D eigenvalue weighted by Gasteiger charge is 2.41. The lowest BCUT2D eigenvalue weighted by Crippen LogP contribution is -2.43. The van der Waals surface area contributed by atoms with Crippen LogP contribution in [0.5, 0.6) is 0 Å². The fraction of sp³-hybridized carbons (Fsp3) is 0.381. The summed E-state index contributed by atoms with van der Waals surface area (Å²) >= 11 is 0. The number of aromatic nitrogens is 3. The Bertz CT molecular complexity index is 1240. The van der Waals surface area contributed by atoms with Crippen molar-refractivity contribution in [2.45, 2.75) is 37.0 Å². The van der Waals surface area contributed by atoms with E-state index in [4.69, 9.17) is 0 Å². The Morgan fingerprint density at radius 1 is 1.03 bits per heavy atom. The molecule has 2 aliphatic rings. The van der Waals surface area contributed by atoms with Gasteiger partial charge in [0.2, 0.25) is 16.0 Å². The van der Waals surface area contributed by atoms with Crippen LogP contribution in [0.15, 0.2) is 36.7 Å². The summed E-state index contributed by atoms with van der Waals surface area (Å²) in [6.07, 6.45) is 5.27. The van der Waals surface area contributed by atoms with Gasteiger partial charge in [0, 0.05) is 36.3 Å². The standard InChI is InChI=1S/C21H21F2N5O2S/c22-17-11-14(10-13-2-1-7-24-19(13)17)20-18(23)12-25-21(27-20)26-15-5-8-28(9-6-15)31(29,30)16-3-4-16/h1-2,7,10-12,15-16H,3-6,8-9H2,(H,25,26,27). The summed E-state index contributed by atoms with van der Waals surface area (Å²) in [6, 6.07) is 6.22. The number of hydrogen-bond acceptors (Lipinski definition) is 6. The molecule has 0 atom stereocenters. The van der Waals surface area contributed by atoms with Crippen LogP contribution < -0.4 is 5.32 Å². The summed E-state index contributed by atoms with van der Waals surface area (Å²) in [7, 11) is -3.17. The maximum atomic E-state index is 14.5. The quantitative estimate of drug-likeness (QED) is 0.648. The number of pyridine rings is 1. The maximum Gasteiger partial charge on any atom is 0.223 e. The first-order chi connectivity index (χ1) is 14.9. The molecule has 1 aliphatic heterocycles. The fourth-order valence-electron chi connectivity index (χ4n) is 3.94. The van der Waals surface area contributed by atoms with Gasteiger partial charge in [-0.25, -0.2) is 31.5 Å². The topological polar surface area (TPSA) is 88.1 Å². The normalized spacial score (nSPS) is 18.4. The van der Waals surface area contributed by atoms with Gasteiger partial charge in [0.15, 0.2) is 5.82 Å². The molecule has 162 valence electrons. The number of piperidine rings is 1. The molecule has 1 saturated carbocycles. The SMILES string of the molecule is O=S(=O)(C1CC1)N1CCC(Nc2ncc(F)c(-c3cc(F)c4ncccc4c3)n2)CC1. The number of anilines is 1. The van der Waals surface area contributed by atoms with Gasteiger partial charge in [0.25, 0.3) is 0 Å². The van der Waals surface area contributed by atoms with Crippen molar-refractivity contribution in [3.8, 4) is 11.3 Å². The van der Waals surface area contributed by atoms with Crippen molar-refractivity contribution in [3.63, 3.8) is 0 Å². The maximum absolute atomic E-state index is 14.5. The van der Waals surface area contributed by atoms with Crippen LogP contribution >= 0.6 is 0 Å². The van der Waals surface area contributed by atoms with Crippen molar-refractivity contribution >= 4 is 26.9 Å². The number of sulfonamides is 1. The molecule has 1 N–H and O–H groups in total. The Morgan fingerprint density at radius 2 is 1.81 bits per heavy atom. The van der Waals surface area contributed by atoms with Crippen molar-refractivity contribution in [1.82, 2.24) is 19.3 Å². The molecule has 1 saturated heterocycles. The average Bonchev–Trinajstić information content (AvgIpc) is 3.62. The molecule has 3 aromatic rings. The number of hydrogen-bond donors (Lipinski definition) is 1. The second kappa shape index (κ2) is 7.76. The largest absolute Gasteiger partial charge is 0.351 e. The molecular formula is C21H21F2N5O2S. The Kier molecular flexibility index (Phi) is 5.05. The zero-order valence-corrected chi connectivity index (χ0v) is 17.4. The molecule has 0 radical (unpaired) electrons. The number of nitrogens with zero attached hydrogens (tertiary/aromatic N) is 4. The van der Waals surface area contributed by atoms with E-state index in [9.17, 15) is 17.2 Å². The Balaban J connectivity index is 1.34. The van der Waals surface area contributed by atoms with Crippen LogP contribution in [0.4, 0.5) is 14.7 Å². The predicted octanol–water partition coefficient (Wildman–Crippen LogP) is 3.34. The van der Waals surface area contributed by atoms with Gasteiger partial charge in [-0.3, -0.25) is 4.98 Å². The highest BCUT2D eigenvalue weighted by molar-refractivity contribution is 7.90. The highest BCUT2D eigenvalue weighted by Crippen LogP contribution is 2.33. The third-order valence-electron chi connectivity index (χ3n) is 5.77. The molecule has 1 aliphatic carbocycles. The Morgan fingerprint density at radius 3 is 2.55 bits per heavy atom. The summed E-state index contributed by atoms with van der Waals surface area (Å²) < 4.78 is 55.2. The smallest absolute Gasteiger partial charge is 0.223 e. The summed E-state index contributed by atoms with van der Waals surface area (Å²) in [6.45, 7) is 0.876. The van der Waals surface area contributed by atoms with E-state index >= 15 is 0 Å². The van der Waals surface area contributed by atoms with E-state index in [1.165, 1.54) is 12.3 Å². The number of nitrogens with one attached hydrogen (secondary N) is 1. The van der Waals surface area contributed by atoms with Gasteiger partial charge in [-0.05, 0) is 43.9 Å². The summed E-state index contributed by atoms with van der Waals surface area (Å²) in [5, 5.41) is 3.51. The molecule has 3 heterocycles. The molecule has 5 rings (SSSR count). The first-order valence-electron chi connectivity index (χ1n) is 10.2. The second-order valence-corrected chi connectivity index (χ2v) is 10.2. The minimum absolute atomic E-state index is 0.00380. The van der Waals surface area contributed by atoms with Crippen molar-refractivity contribution < 1.29 is 17.2 Å². The van der Waals surface area contributed by atoms with Crippen LogP contribution in [0.2, 0.25) is 0 Å². The number of halogens is 2. The van der Waals surface area contributed by atoms with Gasteiger partial charge in [0.05, 0.1) is 11.4 Å². The van der Waals surface area contributed by atoms with Gasteiger partial charge in [-0.2, -0.15) is 0 Å². The van der Waals surface area contributed by atoms with Crippen molar-refractivity contribution in [2.24, 2.45) is 0 Å². The molecule has 1 aromatic carbocycles. The molecule has 31 heavy (non-hydrogen) atoms. The average molecular weight is 445 g/mol. The molecule has 2 fully saturated rings. The molecule has 7 nitrogen and oxygen atoms in total. The minimum atomic E-state index is -3.17. The highest BCUT2D eigenvalue weighted by atomic mass is 32.2. The van der Waals surface area contributed by atoms with Gasteiger partial charge < -0.3 is 5.32 Å². The third kappa shape index (κ3) is 3.97. The number of fused-ring (bicyclic) bond motifs is 1. The number of benzene rings is 1. The van der Waals surface area contributed by atoms with Crippen LogP contribution in [0.3, 0.4) is 0 Å². The minimum Gasteiger partial charge on any atom is -0.351 e. The van der Waals surface area contributed by atoms with Crippen LogP contribution in [-0.2, 0) is 10.0 Å². The molecule has 0 bridgehead atoms. The Labute approximate surface area is 178 Å². The van der Waals surface area contributed by atoms with Gasteiger partial charge in [-0.1, -0.05) is 6.07 Å². The van der Waals surface area contributed by atoms with Crippen molar-refractivity contribution in [2.75, 3.05) is 18.4 Å². The lowest BCUT2D eigenvalue weighted by molar-refractivity contribution is 0.328. The van der Waals surface area contributed by atoms with Crippen LogP contribution in [0, 0.1) is 11.6 Å². The lowest BCUT2D eigenvalue weighted by atomic mass is 10.1. The van der Waals surface area contributed by atoms with Gasteiger partial charge in [0.1, 0.15) is 17.0 Å². The zero-order valence-electron chi connectivity index (χ0n) is 16.6. The molecule has 0 unspecified atom stereocenters. The van der Waals surface area contributed by atoms with E-state index in [-0.39, 0.29) is 28.5 Å². The van der Waals surface area contributed by atoms with E-state index in [1.54, 1.807) is 22.5 Å². The van der Waals surface area contributed by atoms with E-state index in [0.717, 1.165) is 19.0 Å². The summed E-state index contributed by atoms with van der Waals surface area (Å²) in [5.41, 5.74) is 0.508. The molecule has 0 amide bonds. The molecule has 10 heteroatoms. The van der Waals surface area contributed by atoms with E-state index in [2.05, 4.69) is 20.3 Å². The lowest BCUT2D eigenvalue weighted by Gasteiger charge is -2.31. The van der Waals surface area contributed by atoms with Crippen molar-refractivity contribution in [3.05, 3.63) is 48.3 Å². The van der Waals surface area contributed by atoms with E-state index in [1.807, 2.05) is 0 Å². The van der Waals surface area contributed by atoms with Gasteiger partial charge >= 0.3 is 0 Å². The Hall–Kier alpha value is -2.72. The van der Waals surface area contributed by atoms with E-state index in [0.29, 0.717) is 36.9 Å². The predicted molar refractivity (Wildman–Crippen MR) is 113 cm³/mol. The zero-order chi connectivity index (χ0) is 21.6. The second-order valence-electron chi connectivity index (χ2n) is 7.99. The van der Waals surface area contributed by atoms with E-state index < -0.39 is 21.7 Å². The summed E-state index contributed by atoms with van der Waals surface area (Å²) in [5.74, 6) is -0.977. The monoisotopic (exact) mass is 445 g/mol. The number of rotatable bonds is 5. The van der Waals surface area contributed by atoms with Crippen LogP contribution in [-0.4, -0.2) is 52.1 Å². The first-order valence-corrected chi connectivity index (χ1v) is 11.7.